The van der Waals surface area contributed by atoms with Crippen molar-refractivity contribution in [3.63, 3.8) is 0 Å². The van der Waals surface area contributed by atoms with E-state index < -0.39 is 10.1 Å². The molecular formula is C21H30BrNO4S. The van der Waals surface area contributed by atoms with Gasteiger partial charge in [-0.05, 0) is 46.1 Å². The summed E-state index contributed by atoms with van der Waals surface area (Å²) >= 11 is 3.26. The average Bonchev–Trinajstić information content (AvgIpc) is 2.61. The molecule has 1 aromatic carbocycles. The molecule has 156 valence electrons. The lowest BCUT2D eigenvalue weighted by Crippen LogP contribution is -2.53. The molecule has 7 heteroatoms. The van der Waals surface area contributed by atoms with Gasteiger partial charge in [0.2, 0.25) is 5.91 Å². The monoisotopic (exact) mass is 471 g/mol. The maximum atomic E-state index is 12.4. The van der Waals surface area contributed by atoms with Crippen LogP contribution in [0.4, 0.5) is 0 Å². The normalized spacial score (nSPS) is 18.0. The second-order valence-electron chi connectivity index (χ2n) is 8.18. The van der Waals surface area contributed by atoms with Gasteiger partial charge < -0.3 is 0 Å². The van der Waals surface area contributed by atoms with Crippen molar-refractivity contribution in [1.82, 2.24) is 5.06 Å². The van der Waals surface area contributed by atoms with Crippen LogP contribution in [0.1, 0.15) is 88.0 Å². The summed E-state index contributed by atoms with van der Waals surface area (Å²) in [5.74, 6) is 0.551. The molecule has 0 aromatic heterocycles. The van der Waals surface area contributed by atoms with Crippen LogP contribution in [0, 0.1) is 0 Å². The van der Waals surface area contributed by atoms with Gasteiger partial charge in [-0.1, -0.05) is 69.6 Å². The molecule has 0 radical (unpaired) electrons. The first-order valence-electron chi connectivity index (χ1n) is 9.65. The number of β-lactam (4-membered cyclic amide) rings is 1. The van der Waals surface area contributed by atoms with Crippen LogP contribution in [0.15, 0.2) is 17.5 Å². The smallest absolute Gasteiger partial charge is 0.272 e. The molecule has 1 aliphatic heterocycles. The van der Waals surface area contributed by atoms with Gasteiger partial charge in [0, 0.05) is 5.33 Å². The van der Waals surface area contributed by atoms with Crippen LogP contribution in [0.2, 0.25) is 0 Å². The maximum Gasteiger partial charge on any atom is 0.310 e. The zero-order chi connectivity index (χ0) is 21.2. The van der Waals surface area contributed by atoms with Crippen molar-refractivity contribution < 1.29 is 17.5 Å². The summed E-state index contributed by atoms with van der Waals surface area (Å²) in [7, 11) is -4.02. The van der Waals surface area contributed by atoms with Gasteiger partial charge in [-0.3, -0.25) is 4.79 Å². The highest BCUT2D eigenvalue weighted by Gasteiger charge is 2.39. The average molecular weight is 472 g/mol. The SMILES string of the molecule is CC(C)c1cc(C(C)C)c(/C=C/S(=O)(=O)ON2C(=O)CC2CBr)c(C(C)C)c1. The van der Waals surface area contributed by atoms with Gasteiger partial charge in [-0.15, -0.1) is 4.28 Å². The largest absolute Gasteiger partial charge is 0.310 e. The number of rotatable bonds is 8. The zero-order valence-electron chi connectivity index (χ0n) is 17.4. The third kappa shape index (κ3) is 5.24. The molecule has 1 amide bonds. The quantitative estimate of drug-likeness (QED) is 0.381. The van der Waals surface area contributed by atoms with E-state index in [4.69, 9.17) is 4.28 Å². The van der Waals surface area contributed by atoms with Gasteiger partial charge in [-0.25, -0.2) is 0 Å². The van der Waals surface area contributed by atoms with Crippen molar-refractivity contribution in [3.05, 3.63) is 39.8 Å². The third-order valence-electron chi connectivity index (χ3n) is 4.93. The van der Waals surface area contributed by atoms with Gasteiger partial charge in [0.1, 0.15) is 0 Å². The predicted molar refractivity (Wildman–Crippen MR) is 117 cm³/mol. The summed E-state index contributed by atoms with van der Waals surface area (Å²) in [4.78, 5) is 11.6. The molecule has 1 aromatic rings. The van der Waals surface area contributed by atoms with Gasteiger partial charge in [0.05, 0.1) is 17.9 Å². The molecule has 1 aliphatic rings. The molecule has 1 atom stereocenters. The number of carbonyl (C=O) groups excluding carboxylic acids is 1. The number of hydroxylamine groups is 2. The van der Waals surface area contributed by atoms with Crippen molar-refractivity contribution in [2.45, 2.75) is 71.8 Å². The topological polar surface area (TPSA) is 63.7 Å². The second kappa shape index (κ2) is 9.09. The first-order valence-corrected chi connectivity index (χ1v) is 12.2. The Balaban J connectivity index is 2.41. The van der Waals surface area contributed by atoms with Crippen molar-refractivity contribution in [3.8, 4) is 0 Å². The molecular weight excluding hydrogens is 442 g/mol. The molecule has 1 fully saturated rings. The fourth-order valence-electron chi connectivity index (χ4n) is 3.18. The minimum atomic E-state index is -4.02. The maximum absolute atomic E-state index is 12.4. The van der Waals surface area contributed by atoms with Crippen LogP contribution in [0.5, 0.6) is 0 Å². The van der Waals surface area contributed by atoms with Gasteiger partial charge >= 0.3 is 10.1 Å². The second-order valence-corrected chi connectivity index (χ2v) is 10.2. The lowest BCUT2D eigenvalue weighted by Gasteiger charge is -2.36. The predicted octanol–water partition coefficient (Wildman–Crippen LogP) is 5.28. The molecule has 1 unspecified atom stereocenters. The van der Waals surface area contributed by atoms with E-state index in [1.54, 1.807) is 6.08 Å². The Kier molecular flexibility index (Phi) is 7.50. The van der Waals surface area contributed by atoms with Crippen LogP contribution >= 0.6 is 15.9 Å². The van der Waals surface area contributed by atoms with Gasteiger partial charge in [0.25, 0.3) is 0 Å². The standard InChI is InChI=1S/C21H30BrNO4S/c1-13(2)16-9-19(14(3)4)18(20(10-16)15(5)6)7-8-28(25,26)27-23-17(12-22)11-21(23)24/h7-10,13-15,17H,11-12H2,1-6H3/b8-7+. The highest BCUT2D eigenvalue weighted by atomic mass is 79.9. The summed E-state index contributed by atoms with van der Waals surface area (Å²) in [6, 6.07) is 4.07. The summed E-state index contributed by atoms with van der Waals surface area (Å²) in [5, 5.41) is 2.47. The number of halogens is 1. The molecule has 0 spiro atoms. The molecule has 1 heterocycles. The number of hydrogen-bond acceptors (Lipinski definition) is 4. The first-order chi connectivity index (χ1) is 13.0. The number of carbonyl (C=O) groups is 1. The molecule has 1 saturated heterocycles. The molecule has 2 rings (SSSR count). The molecule has 0 bridgehead atoms. The highest BCUT2D eigenvalue weighted by molar-refractivity contribution is 9.09. The molecule has 0 N–H and O–H groups in total. The van der Waals surface area contributed by atoms with E-state index in [-0.39, 0.29) is 30.2 Å². The van der Waals surface area contributed by atoms with Crippen LogP contribution in [0.25, 0.3) is 6.08 Å². The number of hydrogen-bond donors (Lipinski definition) is 0. The molecule has 5 nitrogen and oxygen atoms in total. The Hall–Kier alpha value is -1.18. The van der Waals surface area contributed by atoms with E-state index in [0.29, 0.717) is 11.2 Å². The van der Waals surface area contributed by atoms with E-state index in [9.17, 15) is 13.2 Å². The number of nitrogens with zero attached hydrogens (tertiary/aromatic N) is 1. The molecule has 0 aliphatic carbocycles. The Morgan fingerprint density at radius 3 is 2.04 bits per heavy atom. The van der Waals surface area contributed by atoms with Gasteiger partial charge in [0.15, 0.2) is 0 Å². The van der Waals surface area contributed by atoms with Crippen molar-refractivity contribution in [2.24, 2.45) is 0 Å². The van der Waals surface area contributed by atoms with Crippen LogP contribution in [-0.4, -0.2) is 30.8 Å². The highest BCUT2D eigenvalue weighted by Crippen LogP contribution is 2.33. The van der Waals surface area contributed by atoms with Crippen molar-refractivity contribution >= 4 is 38.0 Å². The minimum absolute atomic E-state index is 0.245. The minimum Gasteiger partial charge on any atom is -0.272 e. The zero-order valence-corrected chi connectivity index (χ0v) is 19.8. The van der Waals surface area contributed by atoms with Crippen molar-refractivity contribution in [2.75, 3.05) is 5.33 Å². The summed E-state index contributed by atoms with van der Waals surface area (Å²) in [5.41, 5.74) is 4.38. The van der Waals surface area contributed by atoms with E-state index in [2.05, 4.69) is 69.6 Å². The van der Waals surface area contributed by atoms with Crippen LogP contribution in [0.3, 0.4) is 0 Å². The number of benzene rings is 1. The fraction of sp³-hybridized carbons (Fsp3) is 0.571. The summed E-state index contributed by atoms with van der Waals surface area (Å²) in [6.07, 6.45) is 1.90. The van der Waals surface area contributed by atoms with E-state index in [0.717, 1.165) is 27.2 Å². The van der Waals surface area contributed by atoms with Crippen LogP contribution in [-0.2, 0) is 19.2 Å². The third-order valence-corrected chi connectivity index (χ3v) is 6.51. The Morgan fingerprint density at radius 2 is 1.64 bits per heavy atom. The van der Waals surface area contributed by atoms with E-state index in [1.807, 2.05) is 0 Å². The Morgan fingerprint density at radius 1 is 1.11 bits per heavy atom. The Labute approximate surface area is 177 Å². The fourth-order valence-corrected chi connectivity index (χ4v) is 4.45. The van der Waals surface area contributed by atoms with E-state index in [1.165, 1.54) is 5.56 Å². The first kappa shape index (κ1) is 23.1. The summed E-state index contributed by atoms with van der Waals surface area (Å²) in [6.45, 7) is 12.7. The Bertz CT molecular complexity index is 830. The van der Waals surface area contributed by atoms with E-state index >= 15 is 0 Å². The summed E-state index contributed by atoms with van der Waals surface area (Å²) < 4.78 is 29.9. The molecule has 0 saturated carbocycles. The molecule has 28 heavy (non-hydrogen) atoms. The van der Waals surface area contributed by atoms with Gasteiger partial charge in [-0.2, -0.15) is 13.5 Å². The number of alkyl halides is 1. The number of amides is 1. The lowest BCUT2D eigenvalue weighted by atomic mass is 9.84. The van der Waals surface area contributed by atoms with Crippen LogP contribution < -0.4 is 0 Å². The lowest BCUT2D eigenvalue weighted by molar-refractivity contribution is -0.185. The van der Waals surface area contributed by atoms with Crippen molar-refractivity contribution in [1.29, 1.82) is 0 Å².